The Kier molecular flexibility index (Phi) is 9.18. The van der Waals surface area contributed by atoms with Crippen molar-refractivity contribution in [2.45, 2.75) is 64.9 Å². The fraction of sp³-hybridized carbons (Fsp3) is 0.619. The van der Waals surface area contributed by atoms with Gasteiger partial charge < -0.3 is 13.8 Å². The molecule has 0 unspecified atom stereocenters. The minimum absolute atomic E-state index is 0.0142. The molecule has 0 aromatic heterocycles. The second kappa shape index (κ2) is 10.7. The van der Waals surface area contributed by atoms with Gasteiger partial charge in [-0.15, -0.1) is 11.8 Å². The average molecular weight is 445 g/mol. The van der Waals surface area contributed by atoms with Gasteiger partial charge in [-0.25, -0.2) is 0 Å². The molecule has 4 nitrogen and oxygen atoms in total. The highest BCUT2D eigenvalue weighted by atomic mass is 32.2. The van der Waals surface area contributed by atoms with E-state index in [1.165, 1.54) is 0 Å². The van der Waals surface area contributed by atoms with Gasteiger partial charge in [0.15, 0.2) is 0 Å². The number of hydrogen-bond donors (Lipinski definition) is 0. The van der Waals surface area contributed by atoms with Crippen LogP contribution in [0.4, 0.5) is 0 Å². The maximum Gasteiger partial charge on any atom is 0.359 e. The highest BCUT2D eigenvalue weighted by molar-refractivity contribution is 8.22. The molecule has 0 fully saturated rings. The van der Waals surface area contributed by atoms with Crippen LogP contribution in [0.25, 0.3) is 0 Å². The van der Waals surface area contributed by atoms with Crippen molar-refractivity contribution >= 4 is 31.1 Å². The second-order valence-electron chi connectivity index (χ2n) is 7.42. The first-order valence-corrected chi connectivity index (χ1v) is 13.3. The van der Waals surface area contributed by atoms with Gasteiger partial charge in [-0.1, -0.05) is 49.0 Å². The summed E-state index contributed by atoms with van der Waals surface area (Å²) < 4.78 is 32.8. The van der Waals surface area contributed by atoms with Crippen molar-refractivity contribution in [3.05, 3.63) is 45.4 Å². The van der Waals surface area contributed by atoms with Crippen molar-refractivity contribution in [3.8, 4) is 0 Å². The summed E-state index contributed by atoms with van der Waals surface area (Å²) >= 11 is 3.35. The van der Waals surface area contributed by atoms with Crippen LogP contribution < -0.4 is 0 Å². The summed E-state index contributed by atoms with van der Waals surface area (Å²) in [5, 5.41) is 0.799. The van der Waals surface area contributed by atoms with Crippen molar-refractivity contribution in [2.75, 3.05) is 19.0 Å². The molecule has 1 aliphatic rings. The maximum atomic E-state index is 13.9. The van der Waals surface area contributed by atoms with Crippen LogP contribution in [0.15, 0.2) is 39.9 Å². The fourth-order valence-corrected chi connectivity index (χ4v) is 8.72. The summed E-state index contributed by atoms with van der Waals surface area (Å²) in [7, 11) is -3.40. The Morgan fingerprint density at radius 3 is 2.21 bits per heavy atom. The third kappa shape index (κ3) is 6.38. The van der Waals surface area contributed by atoms with Gasteiger partial charge in [-0.05, 0) is 52.4 Å². The Morgan fingerprint density at radius 2 is 1.71 bits per heavy atom. The molecule has 2 atom stereocenters. The molecule has 0 saturated carbocycles. The number of rotatable bonds is 9. The molecule has 1 aromatic carbocycles. The molecule has 0 spiro atoms. The largest absolute Gasteiger partial charge is 0.362 e. The summed E-state index contributed by atoms with van der Waals surface area (Å²) in [6.07, 6.45) is 0.735. The number of thioether (sulfide) groups is 2. The zero-order valence-electron chi connectivity index (χ0n) is 17.8. The Balaban J connectivity index is 2.59. The highest BCUT2D eigenvalue weighted by Gasteiger charge is 2.44. The first-order chi connectivity index (χ1) is 13.2. The molecule has 0 radical (unpaired) electrons. The molecule has 0 N–H and O–H groups in total. The van der Waals surface area contributed by atoms with Crippen LogP contribution in [0, 0.1) is 0 Å². The van der Waals surface area contributed by atoms with Crippen LogP contribution in [-0.4, -0.2) is 30.0 Å². The topological polar surface area (TPSA) is 44.8 Å². The lowest BCUT2D eigenvalue weighted by Gasteiger charge is -2.38. The molecule has 0 saturated heterocycles. The van der Waals surface area contributed by atoms with E-state index >= 15 is 0 Å². The number of ether oxygens (including phenoxy) is 1. The fourth-order valence-electron chi connectivity index (χ4n) is 3.18. The van der Waals surface area contributed by atoms with Crippen molar-refractivity contribution in [1.29, 1.82) is 0 Å². The monoisotopic (exact) mass is 444 g/mol. The van der Waals surface area contributed by atoms with Gasteiger partial charge in [0.2, 0.25) is 0 Å². The molecule has 158 valence electrons. The van der Waals surface area contributed by atoms with Crippen LogP contribution in [-0.2, 0) is 18.3 Å². The van der Waals surface area contributed by atoms with E-state index in [9.17, 15) is 4.57 Å². The maximum absolute atomic E-state index is 13.9. The summed E-state index contributed by atoms with van der Waals surface area (Å²) in [6.45, 7) is 12.7. The predicted molar refractivity (Wildman–Crippen MR) is 122 cm³/mol. The van der Waals surface area contributed by atoms with Gasteiger partial charge >= 0.3 is 7.60 Å². The first-order valence-electron chi connectivity index (χ1n) is 9.90. The molecule has 1 heterocycles. The van der Waals surface area contributed by atoms with Crippen LogP contribution in [0.2, 0.25) is 0 Å². The minimum Gasteiger partial charge on any atom is -0.362 e. The normalized spacial score (nSPS) is 21.2. The molecule has 7 heteroatoms. The summed E-state index contributed by atoms with van der Waals surface area (Å²) in [5.74, 6) is 0.821. The summed E-state index contributed by atoms with van der Waals surface area (Å²) in [4.78, 5) is 0. The zero-order chi connectivity index (χ0) is 20.8. The van der Waals surface area contributed by atoms with E-state index in [-0.39, 0.29) is 17.0 Å². The molecule has 0 bridgehead atoms. The Morgan fingerprint density at radius 1 is 1.11 bits per heavy atom. The van der Waals surface area contributed by atoms with Crippen LogP contribution in [0.5, 0.6) is 0 Å². The van der Waals surface area contributed by atoms with E-state index in [1.807, 2.05) is 32.0 Å². The molecule has 1 aromatic rings. The van der Waals surface area contributed by atoms with Crippen molar-refractivity contribution in [3.63, 3.8) is 0 Å². The van der Waals surface area contributed by atoms with Gasteiger partial charge in [0.25, 0.3) is 0 Å². The summed E-state index contributed by atoms with van der Waals surface area (Å²) in [5.41, 5.74) is 0.857. The lowest BCUT2D eigenvalue weighted by Crippen LogP contribution is -2.29. The van der Waals surface area contributed by atoms with E-state index < -0.39 is 7.60 Å². The minimum atomic E-state index is -3.40. The molecular weight excluding hydrogens is 411 g/mol. The van der Waals surface area contributed by atoms with Gasteiger partial charge in [0, 0.05) is 5.92 Å². The molecule has 1 aliphatic heterocycles. The molecule has 0 aliphatic carbocycles. The first kappa shape index (κ1) is 24.0. The Labute approximate surface area is 178 Å². The van der Waals surface area contributed by atoms with E-state index in [1.54, 1.807) is 23.5 Å². The number of allylic oxidation sites excluding steroid dienone is 1. The lowest BCUT2D eigenvalue weighted by molar-refractivity contribution is -0.0233. The third-order valence-corrected chi connectivity index (χ3v) is 9.08. The van der Waals surface area contributed by atoms with Crippen molar-refractivity contribution < 1.29 is 18.3 Å². The third-order valence-electron chi connectivity index (χ3n) is 4.06. The van der Waals surface area contributed by atoms with E-state index in [0.29, 0.717) is 13.2 Å². The van der Waals surface area contributed by atoms with Gasteiger partial charge in [-0.3, -0.25) is 4.57 Å². The quantitative estimate of drug-likeness (QED) is 0.374. The molecule has 2 rings (SSSR count). The van der Waals surface area contributed by atoms with E-state index in [2.05, 4.69) is 39.8 Å². The van der Waals surface area contributed by atoms with E-state index in [0.717, 1.165) is 27.3 Å². The predicted octanol–water partition coefficient (Wildman–Crippen LogP) is 7.24. The smallest absolute Gasteiger partial charge is 0.359 e. The lowest BCUT2D eigenvalue weighted by atomic mass is 9.95. The standard InChI is InChI=1S/C21H33O4PS2/c1-7-23-26(22,24-8-2)19-17(16-13-11-10-12-14-16)15-18(25-21(4,5)6)28-20(19)27-9-3/h10-14,17-18H,7-9,15H2,1-6H3/t17-,18-/m1/s1. The average Bonchev–Trinajstić information content (AvgIpc) is 2.61. The Bertz CT molecular complexity index is 690. The van der Waals surface area contributed by atoms with Gasteiger partial charge in [0.1, 0.15) is 5.44 Å². The van der Waals surface area contributed by atoms with E-state index in [4.69, 9.17) is 13.8 Å². The van der Waals surface area contributed by atoms with Crippen LogP contribution >= 0.6 is 31.1 Å². The Hall–Kier alpha value is -0.230. The zero-order valence-corrected chi connectivity index (χ0v) is 20.3. The highest BCUT2D eigenvalue weighted by Crippen LogP contribution is 2.67. The van der Waals surface area contributed by atoms with Crippen LogP contribution in [0.3, 0.4) is 0 Å². The van der Waals surface area contributed by atoms with Crippen molar-refractivity contribution in [2.24, 2.45) is 0 Å². The summed E-state index contributed by atoms with van der Waals surface area (Å²) in [6, 6.07) is 10.2. The molecular formula is C21H33O4PS2. The molecule has 28 heavy (non-hydrogen) atoms. The SMILES string of the molecule is CCOP(=O)(OCC)C1=C(SCC)S[C@@H](OC(C)(C)C)C[C@@H]1c1ccccc1. The number of hydrogen-bond acceptors (Lipinski definition) is 6. The van der Waals surface area contributed by atoms with Gasteiger partial charge in [0.05, 0.1) is 28.4 Å². The van der Waals surface area contributed by atoms with Crippen LogP contribution in [0.1, 0.15) is 59.4 Å². The van der Waals surface area contributed by atoms with Crippen molar-refractivity contribution in [1.82, 2.24) is 0 Å². The molecule has 0 amide bonds. The number of benzene rings is 1. The second-order valence-corrected chi connectivity index (χ2v) is 12.1. The van der Waals surface area contributed by atoms with Gasteiger partial charge in [-0.2, -0.15) is 0 Å².